The molecule has 1 aromatic heterocycles. The molecule has 0 saturated heterocycles. The van der Waals surface area contributed by atoms with Crippen LogP contribution in [0.3, 0.4) is 0 Å². The molecule has 0 aliphatic heterocycles. The molecule has 0 saturated carbocycles. The van der Waals surface area contributed by atoms with Crippen molar-refractivity contribution in [1.29, 1.82) is 0 Å². The van der Waals surface area contributed by atoms with Crippen molar-refractivity contribution in [3.63, 3.8) is 0 Å². The largest absolute Gasteiger partial charge is 0.293 e. The van der Waals surface area contributed by atoms with Crippen LogP contribution in [-0.4, -0.2) is 16.5 Å². The molecule has 0 atom stereocenters. The van der Waals surface area contributed by atoms with Gasteiger partial charge in [0, 0.05) is 13.1 Å². The van der Waals surface area contributed by atoms with E-state index in [1.54, 1.807) is 18.3 Å². The maximum absolute atomic E-state index is 11.6. The Bertz CT molecular complexity index is 550. The first-order valence-electron chi connectivity index (χ1n) is 5.58. The number of para-hydroxylation sites is 1. The maximum atomic E-state index is 11.6. The van der Waals surface area contributed by atoms with Crippen molar-refractivity contribution in [3.05, 3.63) is 60.4 Å². The molecule has 0 aliphatic carbocycles. The number of ketones is 1. The molecular weight excluding hydrogens is 226 g/mol. The van der Waals surface area contributed by atoms with Gasteiger partial charge >= 0.3 is 0 Å². The van der Waals surface area contributed by atoms with E-state index >= 15 is 0 Å². The lowest BCUT2D eigenvalue weighted by molar-refractivity contribution is -0.111. The van der Waals surface area contributed by atoms with Gasteiger partial charge < -0.3 is 0 Å². The molecule has 0 bridgehead atoms. The Balaban J connectivity index is 2.24. The van der Waals surface area contributed by atoms with Crippen LogP contribution in [0.4, 0.5) is 5.69 Å². The Morgan fingerprint density at radius 1 is 1.11 bits per heavy atom. The van der Waals surface area contributed by atoms with E-state index in [1.807, 2.05) is 36.4 Å². The molecule has 0 aliphatic rings. The predicted octanol–water partition coefficient (Wildman–Crippen LogP) is 2.49. The summed E-state index contributed by atoms with van der Waals surface area (Å²) in [6, 6.07) is 14.8. The summed E-state index contributed by atoms with van der Waals surface area (Å²) in [6.45, 7) is 1.47. The zero-order valence-corrected chi connectivity index (χ0v) is 10.00. The van der Waals surface area contributed by atoms with Gasteiger partial charge in [0.05, 0.1) is 11.4 Å². The van der Waals surface area contributed by atoms with E-state index in [1.165, 1.54) is 6.92 Å². The second-order valence-electron chi connectivity index (χ2n) is 3.71. The van der Waals surface area contributed by atoms with E-state index in [4.69, 9.17) is 0 Å². The number of rotatable bonds is 4. The van der Waals surface area contributed by atoms with Gasteiger partial charge in [0.25, 0.3) is 0 Å². The fourth-order valence-corrected chi connectivity index (χ4v) is 1.45. The molecule has 0 amide bonds. The standard InChI is InChI=1S/C14H13N3O/c1-11(18)14(13-9-5-6-10-15-13)17-16-12-7-3-2-4-8-12/h2-10,16H,1H3/b17-14+. The van der Waals surface area contributed by atoms with Gasteiger partial charge in [-0.3, -0.25) is 15.2 Å². The average molecular weight is 239 g/mol. The fraction of sp³-hybridized carbons (Fsp3) is 0.0714. The van der Waals surface area contributed by atoms with Gasteiger partial charge in [-0.1, -0.05) is 24.3 Å². The van der Waals surface area contributed by atoms with E-state index in [2.05, 4.69) is 15.5 Å². The summed E-state index contributed by atoms with van der Waals surface area (Å²) in [5.74, 6) is -0.128. The molecule has 0 unspecified atom stereocenters. The predicted molar refractivity (Wildman–Crippen MR) is 71.5 cm³/mol. The SMILES string of the molecule is CC(=O)/C(=N\Nc1ccccc1)c1ccccn1. The second kappa shape index (κ2) is 5.72. The van der Waals surface area contributed by atoms with Crippen molar-refractivity contribution >= 4 is 17.2 Å². The smallest absolute Gasteiger partial charge is 0.182 e. The Hall–Kier alpha value is -2.49. The summed E-state index contributed by atoms with van der Waals surface area (Å²) >= 11 is 0. The van der Waals surface area contributed by atoms with Crippen LogP contribution in [0.5, 0.6) is 0 Å². The van der Waals surface area contributed by atoms with Crippen LogP contribution in [0, 0.1) is 0 Å². The number of nitrogens with zero attached hydrogens (tertiary/aromatic N) is 2. The van der Waals surface area contributed by atoms with Gasteiger partial charge in [-0.05, 0) is 24.3 Å². The van der Waals surface area contributed by atoms with Crippen LogP contribution in [-0.2, 0) is 4.79 Å². The number of carbonyl (C=O) groups excluding carboxylic acids is 1. The van der Waals surface area contributed by atoms with E-state index in [0.29, 0.717) is 11.4 Å². The number of hydrazone groups is 1. The van der Waals surface area contributed by atoms with E-state index in [0.717, 1.165) is 5.69 Å². The molecule has 90 valence electrons. The van der Waals surface area contributed by atoms with Crippen molar-refractivity contribution in [2.24, 2.45) is 5.10 Å². The van der Waals surface area contributed by atoms with E-state index in [-0.39, 0.29) is 5.78 Å². The topological polar surface area (TPSA) is 54.4 Å². The monoisotopic (exact) mass is 239 g/mol. The Morgan fingerprint density at radius 2 is 1.83 bits per heavy atom. The van der Waals surface area contributed by atoms with E-state index < -0.39 is 0 Å². The van der Waals surface area contributed by atoms with Gasteiger partial charge in [-0.2, -0.15) is 5.10 Å². The minimum atomic E-state index is -0.128. The maximum Gasteiger partial charge on any atom is 0.182 e. The summed E-state index contributed by atoms with van der Waals surface area (Å²) in [5.41, 5.74) is 4.56. The van der Waals surface area contributed by atoms with Crippen molar-refractivity contribution in [3.8, 4) is 0 Å². The van der Waals surface area contributed by atoms with Crippen molar-refractivity contribution in [1.82, 2.24) is 4.98 Å². The third-order valence-electron chi connectivity index (χ3n) is 2.31. The van der Waals surface area contributed by atoms with E-state index in [9.17, 15) is 4.79 Å². The number of Topliss-reactive ketones (excluding diaryl/α,β-unsaturated/α-hetero) is 1. The van der Waals surface area contributed by atoms with Gasteiger partial charge in [0.15, 0.2) is 11.5 Å². The number of pyridine rings is 1. The molecule has 18 heavy (non-hydrogen) atoms. The van der Waals surface area contributed by atoms with Crippen LogP contribution in [0.1, 0.15) is 12.6 Å². The highest BCUT2D eigenvalue weighted by Gasteiger charge is 2.10. The number of hydrogen-bond acceptors (Lipinski definition) is 4. The Kier molecular flexibility index (Phi) is 3.81. The minimum absolute atomic E-state index is 0.128. The lowest BCUT2D eigenvalue weighted by Crippen LogP contribution is -2.15. The molecule has 1 N–H and O–H groups in total. The molecule has 2 rings (SSSR count). The van der Waals surface area contributed by atoms with Crippen LogP contribution < -0.4 is 5.43 Å². The third kappa shape index (κ3) is 3.01. The summed E-state index contributed by atoms with van der Waals surface area (Å²) in [6.07, 6.45) is 1.64. The molecule has 1 aromatic carbocycles. The van der Waals surface area contributed by atoms with Gasteiger partial charge in [-0.25, -0.2) is 0 Å². The highest BCUT2D eigenvalue weighted by molar-refractivity contribution is 6.45. The summed E-state index contributed by atoms with van der Waals surface area (Å²) < 4.78 is 0. The van der Waals surface area contributed by atoms with Crippen molar-refractivity contribution < 1.29 is 4.79 Å². The molecular formula is C14H13N3O. The van der Waals surface area contributed by atoms with Crippen molar-refractivity contribution in [2.75, 3.05) is 5.43 Å². The van der Waals surface area contributed by atoms with Gasteiger partial charge in [-0.15, -0.1) is 0 Å². The van der Waals surface area contributed by atoms with Crippen LogP contribution in [0.15, 0.2) is 59.8 Å². The number of carbonyl (C=O) groups is 1. The quantitative estimate of drug-likeness (QED) is 0.658. The number of aromatic nitrogens is 1. The molecule has 0 fully saturated rings. The third-order valence-corrected chi connectivity index (χ3v) is 2.31. The first-order valence-corrected chi connectivity index (χ1v) is 5.58. The number of hydrogen-bond donors (Lipinski definition) is 1. The van der Waals surface area contributed by atoms with Crippen LogP contribution in [0.2, 0.25) is 0 Å². The minimum Gasteiger partial charge on any atom is -0.293 e. The zero-order valence-electron chi connectivity index (χ0n) is 10.00. The molecule has 4 nitrogen and oxygen atoms in total. The molecule has 2 aromatic rings. The Labute approximate surface area is 105 Å². The first kappa shape index (κ1) is 12.0. The lowest BCUT2D eigenvalue weighted by Gasteiger charge is -2.03. The summed E-state index contributed by atoms with van der Waals surface area (Å²) in [5, 5.41) is 4.12. The highest BCUT2D eigenvalue weighted by Crippen LogP contribution is 2.06. The number of anilines is 1. The summed E-state index contributed by atoms with van der Waals surface area (Å²) in [7, 11) is 0. The number of nitrogens with one attached hydrogen (secondary N) is 1. The van der Waals surface area contributed by atoms with Crippen LogP contribution in [0.25, 0.3) is 0 Å². The summed E-state index contributed by atoms with van der Waals surface area (Å²) in [4.78, 5) is 15.7. The zero-order chi connectivity index (χ0) is 12.8. The average Bonchev–Trinajstić information content (AvgIpc) is 2.41. The van der Waals surface area contributed by atoms with Crippen molar-refractivity contribution in [2.45, 2.75) is 6.92 Å². The normalized spacial score (nSPS) is 11.1. The Morgan fingerprint density at radius 3 is 2.44 bits per heavy atom. The second-order valence-corrected chi connectivity index (χ2v) is 3.71. The molecule has 4 heteroatoms. The number of benzene rings is 1. The molecule has 1 heterocycles. The van der Waals surface area contributed by atoms with Gasteiger partial charge in [0.2, 0.25) is 0 Å². The fourth-order valence-electron chi connectivity index (χ4n) is 1.45. The van der Waals surface area contributed by atoms with Crippen LogP contribution >= 0.6 is 0 Å². The first-order chi connectivity index (χ1) is 8.77. The molecule has 0 radical (unpaired) electrons. The highest BCUT2D eigenvalue weighted by atomic mass is 16.1. The lowest BCUT2D eigenvalue weighted by atomic mass is 10.2. The van der Waals surface area contributed by atoms with Gasteiger partial charge in [0.1, 0.15) is 0 Å². The molecule has 0 spiro atoms.